The molecule has 0 saturated heterocycles. The summed E-state index contributed by atoms with van der Waals surface area (Å²) in [5.74, 6) is 5.44. The van der Waals surface area contributed by atoms with E-state index in [-0.39, 0.29) is 5.91 Å². The second-order valence-electron chi connectivity index (χ2n) is 5.23. The number of likely N-dealkylation sites (N-methyl/N-ethyl adjacent to an activating group) is 1. The van der Waals surface area contributed by atoms with Crippen molar-refractivity contribution in [3.8, 4) is 0 Å². The lowest BCUT2D eigenvalue weighted by Crippen LogP contribution is -2.44. The molecule has 0 aliphatic rings. The van der Waals surface area contributed by atoms with Crippen molar-refractivity contribution in [3.05, 3.63) is 29.8 Å². The molecule has 0 saturated carbocycles. The van der Waals surface area contributed by atoms with Crippen LogP contribution >= 0.6 is 11.8 Å². The summed E-state index contributed by atoms with van der Waals surface area (Å²) in [6.07, 6.45) is 0. The van der Waals surface area contributed by atoms with Gasteiger partial charge in [0.25, 0.3) is 0 Å². The molecule has 0 heterocycles. The highest BCUT2D eigenvalue weighted by Gasteiger charge is 2.31. The van der Waals surface area contributed by atoms with Gasteiger partial charge < -0.3 is 0 Å². The van der Waals surface area contributed by atoms with E-state index in [1.807, 2.05) is 37.7 Å². The number of nitrogens with zero attached hydrogens (tertiary/aromatic N) is 1. The molecule has 0 aliphatic carbocycles. The molecule has 0 bridgehead atoms. The summed E-state index contributed by atoms with van der Waals surface area (Å²) in [5.41, 5.74) is 0.391. The summed E-state index contributed by atoms with van der Waals surface area (Å²) in [4.78, 5) is 13.2. The lowest BCUT2D eigenvalue weighted by Gasteiger charge is -2.27. The van der Waals surface area contributed by atoms with Gasteiger partial charge in [0.1, 0.15) is 0 Å². The van der Waals surface area contributed by atoms with Crippen molar-refractivity contribution in [2.75, 3.05) is 7.05 Å². The Bertz CT molecular complexity index is 410. The first-order chi connectivity index (χ1) is 8.25. The molecule has 1 aromatic carbocycles. The average Bonchev–Trinajstić information content (AvgIpc) is 2.27. The van der Waals surface area contributed by atoms with Crippen molar-refractivity contribution < 1.29 is 4.79 Å². The molecule has 1 amide bonds. The van der Waals surface area contributed by atoms with E-state index in [1.54, 1.807) is 7.05 Å². The molecule has 0 fully saturated rings. The Balaban J connectivity index is 2.94. The van der Waals surface area contributed by atoms with Crippen molar-refractivity contribution >= 4 is 17.7 Å². The van der Waals surface area contributed by atoms with E-state index in [0.29, 0.717) is 5.25 Å². The number of carbonyl (C=O) groups excluding carboxylic acids is 1. The number of thioether (sulfide) groups is 1. The number of benzene rings is 1. The molecule has 2 N–H and O–H groups in total. The van der Waals surface area contributed by atoms with Gasteiger partial charge in [-0.25, -0.2) is 5.84 Å². The van der Waals surface area contributed by atoms with Crippen molar-refractivity contribution in [1.82, 2.24) is 5.01 Å². The fourth-order valence-corrected chi connectivity index (χ4v) is 2.62. The van der Waals surface area contributed by atoms with Gasteiger partial charge >= 0.3 is 0 Å². The topological polar surface area (TPSA) is 46.3 Å². The van der Waals surface area contributed by atoms with E-state index >= 15 is 0 Å². The summed E-state index contributed by atoms with van der Waals surface area (Å²) in [5, 5.41) is 1.71. The molecule has 1 aromatic rings. The van der Waals surface area contributed by atoms with Crippen LogP contribution in [0.25, 0.3) is 0 Å². The monoisotopic (exact) mass is 266 g/mol. The maximum Gasteiger partial charge on any atom is 0.246 e. The Morgan fingerprint density at radius 3 is 2.17 bits per heavy atom. The first-order valence-electron chi connectivity index (χ1n) is 6.05. The van der Waals surface area contributed by atoms with Crippen LogP contribution in [0, 0.1) is 0 Å². The van der Waals surface area contributed by atoms with Gasteiger partial charge in [0.05, 0.1) is 5.41 Å². The second-order valence-corrected chi connectivity index (χ2v) is 6.88. The van der Waals surface area contributed by atoms with Crippen molar-refractivity contribution in [3.63, 3.8) is 0 Å². The zero-order valence-electron chi connectivity index (χ0n) is 11.7. The zero-order valence-corrected chi connectivity index (χ0v) is 12.5. The van der Waals surface area contributed by atoms with Crippen LogP contribution in [0.2, 0.25) is 0 Å². The van der Waals surface area contributed by atoms with Crippen LogP contribution < -0.4 is 5.84 Å². The fourth-order valence-electron chi connectivity index (χ4n) is 1.79. The van der Waals surface area contributed by atoms with Crippen LogP contribution in [0.5, 0.6) is 0 Å². The molecule has 1 rings (SSSR count). The van der Waals surface area contributed by atoms with Gasteiger partial charge in [0.2, 0.25) is 5.91 Å². The van der Waals surface area contributed by atoms with Gasteiger partial charge in [-0.2, -0.15) is 0 Å². The molecule has 0 aliphatic heterocycles. The van der Waals surface area contributed by atoms with Gasteiger partial charge in [-0.05, 0) is 31.5 Å². The smallest absolute Gasteiger partial charge is 0.246 e. The zero-order chi connectivity index (χ0) is 13.9. The number of rotatable bonds is 4. The van der Waals surface area contributed by atoms with Crippen LogP contribution in [0.1, 0.15) is 33.3 Å². The average molecular weight is 266 g/mol. The molecule has 3 nitrogen and oxygen atoms in total. The summed E-state index contributed by atoms with van der Waals surface area (Å²) >= 11 is 1.81. The normalized spacial score (nSPS) is 11.7. The van der Waals surface area contributed by atoms with Gasteiger partial charge in [0, 0.05) is 17.2 Å². The molecule has 18 heavy (non-hydrogen) atoms. The van der Waals surface area contributed by atoms with E-state index in [2.05, 4.69) is 26.0 Å². The van der Waals surface area contributed by atoms with Crippen LogP contribution in [0.4, 0.5) is 0 Å². The van der Waals surface area contributed by atoms with Crippen molar-refractivity contribution in [2.24, 2.45) is 5.84 Å². The van der Waals surface area contributed by atoms with Crippen molar-refractivity contribution in [1.29, 1.82) is 0 Å². The van der Waals surface area contributed by atoms with Crippen molar-refractivity contribution in [2.45, 2.75) is 43.3 Å². The Hall–Kier alpha value is -1.00. The van der Waals surface area contributed by atoms with Crippen LogP contribution in [-0.2, 0) is 10.2 Å². The molecule has 0 unspecified atom stereocenters. The standard InChI is InChI=1S/C14H22N2OS/c1-10(2)18-12-8-6-11(7-9-12)14(3,4)13(17)16(5)15/h6-10H,15H2,1-5H3. The molecule has 0 spiro atoms. The quantitative estimate of drug-likeness (QED) is 0.394. The third-order valence-corrected chi connectivity index (χ3v) is 3.82. The Morgan fingerprint density at radius 2 is 1.78 bits per heavy atom. The highest BCUT2D eigenvalue weighted by Crippen LogP contribution is 2.28. The van der Waals surface area contributed by atoms with E-state index in [0.717, 1.165) is 10.6 Å². The minimum atomic E-state index is -0.593. The van der Waals surface area contributed by atoms with Crippen LogP contribution in [-0.4, -0.2) is 23.2 Å². The number of amides is 1. The highest BCUT2D eigenvalue weighted by molar-refractivity contribution is 7.99. The molecule has 4 heteroatoms. The summed E-state index contributed by atoms with van der Waals surface area (Å²) in [7, 11) is 1.58. The maximum absolute atomic E-state index is 12.0. The Morgan fingerprint density at radius 1 is 1.28 bits per heavy atom. The largest absolute Gasteiger partial charge is 0.283 e. The highest BCUT2D eigenvalue weighted by atomic mass is 32.2. The SMILES string of the molecule is CC(C)Sc1ccc(C(C)(C)C(=O)N(C)N)cc1. The van der Waals surface area contributed by atoms with Gasteiger partial charge in [-0.3, -0.25) is 9.80 Å². The summed E-state index contributed by atoms with van der Waals surface area (Å²) in [6.45, 7) is 8.11. The Labute approximate surface area is 114 Å². The molecule has 0 aromatic heterocycles. The number of carbonyl (C=O) groups is 1. The Kier molecular flexibility index (Phi) is 4.82. The van der Waals surface area contributed by atoms with Gasteiger partial charge in [0.15, 0.2) is 0 Å². The second kappa shape index (κ2) is 5.76. The van der Waals surface area contributed by atoms with E-state index in [4.69, 9.17) is 5.84 Å². The van der Waals surface area contributed by atoms with Crippen LogP contribution in [0.3, 0.4) is 0 Å². The molecule has 100 valence electrons. The first-order valence-corrected chi connectivity index (χ1v) is 6.93. The van der Waals surface area contributed by atoms with Gasteiger partial charge in [-0.15, -0.1) is 11.8 Å². The third-order valence-electron chi connectivity index (χ3n) is 2.80. The summed E-state index contributed by atoms with van der Waals surface area (Å²) in [6, 6.07) is 8.13. The number of hydrogen-bond acceptors (Lipinski definition) is 3. The molecule has 0 atom stereocenters. The van der Waals surface area contributed by atoms with E-state index in [9.17, 15) is 4.79 Å². The predicted octanol–water partition coefficient (Wildman–Crippen LogP) is 2.80. The molecule has 0 radical (unpaired) electrons. The number of hydrogen-bond donors (Lipinski definition) is 1. The van der Waals surface area contributed by atoms with Crippen LogP contribution in [0.15, 0.2) is 29.2 Å². The van der Waals surface area contributed by atoms with E-state index in [1.165, 1.54) is 4.90 Å². The number of nitrogens with two attached hydrogens (primary N) is 1. The molecular weight excluding hydrogens is 244 g/mol. The minimum Gasteiger partial charge on any atom is -0.283 e. The predicted molar refractivity (Wildman–Crippen MR) is 77.4 cm³/mol. The summed E-state index contributed by atoms with van der Waals surface area (Å²) < 4.78 is 0. The van der Waals surface area contributed by atoms with Gasteiger partial charge in [-0.1, -0.05) is 26.0 Å². The minimum absolute atomic E-state index is 0.0910. The first kappa shape index (κ1) is 15.1. The molecular formula is C14H22N2OS. The fraction of sp³-hybridized carbons (Fsp3) is 0.500. The van der Waals surface area contributed by atoms with E-state index < -0.39 is 5.41 Å². The third kappa shape index (κ3) is 3.50. The maximum atomic E-state index is 12.0. The lowest BCUT2D eigenvalue weighted by molar-refractivity contribution is -0.135. The number of hydrazine groups is 1. The lowest BCUT2D eigenvalue weighted by atomic mass is 9.83.